The van der Waals surface area contributed by atoms with Gasteiger partial charge in [-0.3, -0.25) is 10.1 Å². The number of esters is 1. The lowest BCUT2D eigenvalue weighted by Gasteiger charge is -2.16. The van der Waals surface area contributed by atoms with E-state index >= 15 is 0 Å². The van der Waals surface area contributed by atoms with Gasteiger partial charge in [0.25, 0.3) is 5.91 Å². The first-order valence-electron chi connectivity index (χ1n) is 8.78. The van der Waals surface area contributed by atoms with Gasteiger partial charge in [0.05, 0.1) is 0 Å². The van der Waals surface area contributed by atoms with Gasteiger partial charge >= 0.3 is 12.0 Å². The minimum absolute atomic E-state index is 0.0168. The van der Waals surface area contributed by atoms with Crippen LogP contribution < -0.4 is 10.6 Å². The van der Waals surface area contributed by atoms with Crippen molar-refractivity contribution in [2.24, 2.45) is 0 Å². The molecule has 0 heterocycles. The number of amides is 3. The molecule has 26 heavy (non-hydrogen) atoms. The molecule has 144 valence electrons. The van der Waals surface area contributed by atoms with E-state index in [2.05, 4.69) is 10.6 Å². The minimum Gasteiger partial charge on any atom is -0.507 e. The zero-order valence-corrected chi connectivity index (χ0v) is 16.0. The molecule has 0 aliphatic carbocycles. The van der Waals surface area contributed by atoms with E-state index in [4.69, 9.17) is 4.74 Å². The van der Waals surface area contributed by atoms with Gasteiger partial charge in [-0.15, -0.1) is 0 Å². The Kier molecular flexibility index (Phi) is 8.09. The van der Waals surface area contributed by atoms with Gasteiger partial charge in [0, 0.05) is 6.54 Å². The maximum absolute atomic E-state index is 12.3. The van der Waals surface area contributed by atoms with Crippen molar-refractivity contribution in [3.8, 4) is 5.75 Å². The van der Waals surface area contributed by atoms with Crippen LogP contribution in [0.3, 0.4) is 0 Å². The zero-order chi connectivity index (χ0) is 19.9. The SMILES string of the molecule is CCCNC(=O)NC(=O)COC(=O)c1cc(C(C)C)cc(C(C)C)c1O. The van der Waals surface area contributed by atoms with Gasteiger partial charge < -0.3 is 15.2 Å². The van der Waals surface area contributed by atoms with E-state index in [0.29, 0.717) is 12.1 Å². The molecule has 1 aromatic carbocycles. The van der Waals surface area contributed by atoms with Gasteiger partial charge in [-0.1, -0.05) is 40.7 Å². The zero-order valence-electron chi connectivity index (χ0n) is 16.0. The summed E-state index contributed by atoms with van der Waals surface area (Å²) in [7, 11) is 0. The number of nitrogens with one attached hydrogen (secondary N) is 2. The van der Waals surface area contributed by atoms with Crippen molar-refractivity contribution in [2.45, 2.75) is 52.9 Å². The Labute approximate surface area is 154 Å². The fourth-order valence-corrected chi connectivity index (χ4v) is 2.26. The Bertz CT molecular complexity index is 668. The Hall–Kier alpha value is -2.57. The summed E-state index contributed by atoms with van der Waals surface area (Å²) in [5, 5.41) is 14.9. The van der Waals surface area contributed by atoms with Crippen LogP contribution in [-0.2, 0) is 9.53 Å². The highest BCUT2D eigenvalue weighted by Crippen LogP contribution is 2.33. The first-order valence-corrected chi connectivity index (χ1v) is 8.78. The number of ether oxygens (including phenoxy) is 1. The van der Waals surface area contributed by atoms with Crippen molar-refractivity contribution < 1.29 is 24.2 Å². The molecule has 0 atom stereocenters. The molecule has 0 bridgehead atoms. The minimum atomic E-state index is -0.809. The summed E-state index contributed by atoms with van der Waals surface area (Å²) >= 11 is 0. The number of carbonyl (C=O) groups is 3. The second-order valence-corrected chi connectivity index (χ2v) is 6.70. The number of aromatic hydroxyl groups is 1. The number of phenolic OH excluding ortho intramolecular Hbond substituents is 1. The lowest BCUT2D eigenvalue weighted by molar-refractivity contribution is -0.123. The van der Waals surface area contributed by atoms with Crippen molar-refractivity contribution in [2.75, 3.05) is 13.2 Å². The first-order chi connectivity index (χ1) is 12.2. The predicted octanol–water partition coefficient (Wildman–Crippen LogP) is 3.03. The summed E-state index contributed by atoms with van der Waals surface area (Å²) < 4.78 is 4.95. The highest BCUT2D eigenvalue weighted by atomic mass is 16.5. The van der Waals surface area contributed by atoms with Crippen molar-refractivity contribution in [3.05, 3.63) is 28.8 Å². The number of hydrogen-bond acceptors (Lipinski definition) is 5. The molecule has 0 aliphatic rings. The third-order valence-corrected chi connectivity index (χ3v) is 3.79. The van der Waals surface area contributed by atoms with Gasteiger partial charge in [0.15, 0.2) is 6.61 Å². The van der Waals surface area contributed by atoms with Gasteiger partial charge in [-0.05, 0) is 35.4 Å². The first kappa shape index (κ1) is 21.5. The van der Waals surface area contributed by atoms with Crippen LogP contribution in [0.2, 0.25) is 0 Å². The molecule has 7 heteroatoms. The Morgan fingerprint density at radius 2 is 1.77 bits per heavy atom. The van der Waals surface area contributed by atoms with Gasteiger partial charge in [0.2, 0.25) is 0 Å². The maximum atomic E-state index is 12.3. The highest BCUT2D eigenvalue weighted by Gasteiger charge is 2.21. The molecule has 0 saturated heterocycles. The number of urea groups is 1. The highest BCUT2D eigenvalue weighted by molar-refractivity contribution is 5.98. The molecule has 3 N–H and O–H groups in total. The lowest BCUT2D eigenvalue weighted by Crippen LogP contribution is -2.41. The normalized spacial score (nSPS) is 10.7. The fraction of sp³-hybridized carbons (Fsp3) is 0.526. The molecule has 7 nitrogen and oxygen atoms in total. The molecule has 3 amide bonds. The summed E-state index contributed by atoms with van der Waals surface area (Å²) in [5.41, 5.74) is 1.55. The quantitative estimate of drug-likeness (QED) is 0.645. The van der Waals surface area contributed by atoms with Crippen LogP contribution in [0.1, 0.15) is 74.4 Å². The van der Waals surface area contributed by atoms with Crippen molar-refractivity contribution >= 4 is 17.9 Å². The molecule has 1 aromatic rings. The van der Waals surface area contributed by atoms with E-state index in [9.17, 15) is 19.5 Å². The predicted molar refractivity (Wildman–Crippen MR) is 98.4 cm³/mol. The third kappa shape index (κ3) is 6.06. The number of carbonyl (C=O) groups excluding carboxylic acids is 3. The van der Waals surface area contributed by atoms with E-state index in [1.807, 2.05) is 40.7 Å². The Balaban J connectivity index is 2.83. The Morgan fingerprint density at radius 1 is 1.12 bits per heavy atom. The monoisotopic (exact) mass is 364 g/mol. The number of phenols is 1. The molecule has 0 unspecified atom stereocenters. The lowest BCUT2D eigenvalue weighted by atomic mass is 9.92. The molecule has 0 aromatic heterocycles. The van der Waals surface area contributed by atoms with E-state index < -0.39 is 24.5 Å². The molecule has 0 fully saturated rings. The van der Waals surface area contributed by atoms with Crippen molar-refractivity contribution in [1.82, 2.24) is 10.6 Å². The number of hydrogen-bond donors (Lipinski definition) is 3. The average Bonchev–Trinajstić information content (AvgIpc) is 2.57. The maximum Gasteiger partial charge on any atom is 0.342 e. The average molecular weight is 364 g/mol. The van der Waals surface area contributed by atoms with Crippen LogP contribution in [0.4, 0.5) is 4.79 Å². The molecule has 0 radical (unpaired) electrons. The van der Waals surface area contributed by atoms with Crippen LogP contribution in [0.15, 0.2) is 12.1 Å². The number of rotatable bonds is 7. The molecular weight excluding hydrogens is 336 g/mol. The van der Waals surface area contributed by atoms with Crippen molar-refractivity contribution in [1.29, 1.82) is 0 Å². The van der Waals surface area contributed by atoms with Crippen LogP contribution >= 0.6 is 0 Å². The summed E-state index contributed by atoms with van der Waals surface area (Å²) in [6, 6.07) is 2.80. The number of imide groups is 1. The smallest absolute Gasteiger partial charge is 0.342 e. The summed E-state index contributed by atoms with van der Waals surface area (Å²) in [4.78, 5) is 35.4. The molecule has 0 spiro atoms. The second-order valence-electron chi connectivity index (χ2n) is 6.70. The van der Waals surface area contributed by atoms with Crippen molar-refractivity contribution in [3.63, 3.8) is 0 Å². The van der Waals surface area contributed by atoms with Gasteiger partial charge in [-0.25, -0.2) is 9.59 Å². The Morgan fingerprint density at radius 3 is 2.31 bits per heavy atom. The van der Waals surface area contributed by atoms with Crippen LogP contribution in [-0.4, -0.2) is 36.2 Å². The van der Waals surface area contributed by atoms with E-state index in [1.165, 1.54) is 0 Å². The summed E-state index contributed by atoms with van der Waals surface area (Å²) in [6.45, 7) is 9.50. The van der Waals surface area contributed by atoms with Crippen LogP contribution in [0, 0.1) is 0 Å². The topological polar surface area (TPSA) is 105 Å². The van der Waals surface area contributed by atoms with E-state index in [1.54, 1.807) is 6.07 Å². The standard InChI is InChI=1S/C19H28N2O5/c1-6-7-20-19(25)21-16(22)10-26-18(24)15-9-13(11(2)3)8-14(12(4)5)17(15)23/h8-9,11-12,23H,6-7,10H2,1-5H3,(H2,20,21,22,25). The van der Waals surface area contributed by atoms with Gasteiger partial charge in [-0.2, -0.15) is 0 Å². The summed E-state index contributed by atoms with van der Waals surface area (Å²) in [5.74, 6) is -1.52. The fourth-order valence-electron chi connectivity index (χ4n) is 2.26. The molecule has 1 rings (SSSR count). The van der Waals surface area contributed by atoms with Gasteiger partial charge in [0.1, 0.15) is 11.3 Å². The molecular formula is C19H28N2O5. The molecule has 0 aliphatic heterocycles. The van der Waals surface area contributed by atoms with E-state index in [0.717, 1.165) is 12.0 Å². The van der Waals surface area contributed by atoms with E-state index in [-0.39, 0.29) is 23.1 Å². The van der Waals surface area contributed by atoms with Crippen LogP contribution in [0.25, 0.3) is 0 Å². The molecule has 0 saturated carbocycles. The second kappa shape index (κ2) is 9.79. The van der Waals surface area contributed by atoms with Crippen LogP contribution in [0.5, 0.6) is 5.75 Å². The number of benzene rings is 1. The summed E-state index contributed by atoms with van der Waals surface area (Å²) in [6.07, 6.45) is 0.736. The largest absolute Gasteiger partial charge is 0.507 e. The third-order valence-electron chi connectivity index (χ3n) is 3.79.